The number of amides is 1. The highest BCUT2D eigenvalue weighted by molar-refractivity contribution is 7.07. The highest BCUT2D eigenvalue weighted by atomic mass is 32.1. The van der Waals surface area contributed by atoms with E-state index in [-0.39, 0.29) is 5.91 Å². The van der Waals surface area contributed by atoms with Gasteiger partial charge in [0.2, 0.25) is 5.91 Å². The molecular weight excluding hydrogens is 234 g/mol. The predicted molar refractivity (Wildman–Crippen MR) is 66.7 cm³/mol. The van der Waals surface area contributed by atoms with Gasteiger partial charge in [0.1, 0.15) is 0 Å². The third-order valence-corrected chi connectivity index (χ3v) is 4.38. The Bertz CT molecular complexity index is 392. The molecule has 1 saturated carbocycles. The van der Waals surface area contributed by atoms with Gasteiger partial charge in [0, 0.05) is 24.0 Å². The Labute approximate surface area is 105 Å². The molecule has 92 valence electrons. The topological polar surface area (TPSA) is 45.2 Å². The standard InChI is InChI=1S/C12H17N3OS/c16-12-6-15(5-9-7-17-8-13-9)11-4-2-1-3-10(11)14-12/h7-8,10-11H,1-6H2,(H,14,16)/t10-,11-/m1/s1. The quantitative estimate of drug-likeness (QED) is 0.864. The van der Waals surface area contributed by atoms with Gasteiger partial charge in [-0.15, -0.1) is 11.3 Å². The van der Waals surface area contributed by atoms with Crippen LogP contribution in [-0.2, 0) is 11.3 Å². The molecule has 2 heterocycles. The number of fused-ring (bicyclic) bond motifs is 1. The van der Waals surface area contributed by atoms with Crippen LogP contribution in [0.3, 0.4) is 0 Å². The zero-order valence-electron chi connectivity index (χ0n) is 9.76. The van der Waals surface area contributed by atoms with Crippen molar-refractivity contribution >= 4 is 17.2 Å². The van der Waals surface area contributed by atoms with Gasteiger partial charge in [-0.25, -0.2) is 4.98 Å². The fourth-order valence-electron chi connectivity index (χ4n) is 2.97. The van der Waals surface area contributed by atoms with Crippen LogP contribution in [0.4, 0.5) is 0 Å². The van der Waals surface area contributed by atoms with Gasteiger partial charge in [-0.2, -0.15) is 0 Å². The van der Waals surface area contributed by atoms with Crippen LogP contribution in [0, 0.1) is 0 Å². The average molecular weight is 251 g/mol. The molecule has 0 radical (unpaired) electrons. The Morgan fingerprint density at radius 1 is 1.47 bits per heavy atom. The normalized spacial score (nSPS) is 29.8. The second kappa shape index (κ2) is 4.74. The summed E-state index contributed by atoms with van der Waals surface area (Å²) < 4.78 is 0. The van der Waals surface area contributed by atoms with Crippen LogP contribution in [0.5, 0.6) is 0 Å². The smallest absolute Gasteiger partial charge is 0.234 e. The van der Waals surface area contributed by atoms with Crippen molar-refractivity contribution in [1.29, 1.82) is 0 Å². The number of piperazine rings is 1. The molecule has 2 aliphatic rings. The Balaban J connectivity index is 1.74. The fourth-order valence-corrected chi connectivity index (χ4v) is 3.52. The molecule has 1 amide bonds. The molecule has 0 bridgehead atoms. The lowest BCUT2D eigenvalue weighted by Crippen LogP contribution is -2.61. The summed E-state index contributed by atoms with van der Waals surface area (Å²) in [6.07, 6.45) is 4.86. The number of nitrogens with one attached hydrogen (secondary N) is 1. The van der Waals surface area contributed by atoms with Gasteiger partial charge in [-0.1, -0.05) is 12.8 Å². The van der Waals surface area contributed by atoms with Crippen molar-refractivity contribution in [3.63, 3.8) is 0 Å². The monoisotopic (exact) mass is 251 g/mol. The molecule has 2 fully saturated rings. The molecule has 2 atom stereocenters. The van der Waals surface area contributed by atoms with Crippen LogP contribution in [0.1, 0.15) is 31.4 Å². The van der Waals surface area contributed by atoms with Crippen LogP contribution < -0.4 is 5.32 Å². The van der Waals surface area contributed by atoms with E-state index in [1.165, 1.54) is 19.3 Å². The minimum atomic E-state index is 0.170. The minimum Gasteiger partial charge on any atom is -0.351 e. The second-order valence-corrected chi connectivity index (χ2v) is 5.63. The first kappa shape index (κ1) is 11.2. The minimum absolute atomic E-state index is 0.170. The summed E-state index contributed by atoms with van der Waals surface area (Å²) in [6.45, 7) is 1.34. The number of thiazole rings is 1. The highest BCUT2D eigenvalue weighted by Gasteiger charge is 2.36. The average Bonchev–Trinajstić information content (AvgIpc) is 2.81. The van der Waals surface area contributed by atoms with Crippen LogP contribution in [-0.4, -0.2) is 34.4 Å². The number of carbonyl (C=O) groups excluding carboxylic acids is 1. The lowest BCUT2D eigenvalue weighted by molar-refractivity contribution is -0.128. The van der Waals surface area contributed by atoms with Gasteiger partial charge < -0.3 is 5.32 Å². The molecule has 1 aromatic rings. The van der Waals surface area contributed by atoms with Crippen LogP contribution in [0.2, 0.25) is 0 Å². The van der Waals surface area contributed by atoms with Gasteiger partial charge >= 0.3 is 0 Å². The van der Waals surface area contributed by atoms with Crippen LogP contribution >= 0.6 is 11.3 Å². The van der Waals surface area contributed by atoms with Gasteiger partial charge in [0.25, 0.3) is 0 Å². The van der Waals surface area contributed by atoms with Crippen LogP contribution in [0.25, 0.3) is 0 Å². The van der Waals surface area contributed by atoms with Crippen LogP contribution in [0.15, 0.2) is 10.9 Å². The molecule has 1 N–H and O–H groups in total. The fraction of sp³-hybridized carbons (Fsp3) is 0.667. The van der Waals surface area contributed by atoms with Crippen molar-refractivity contribution in [2.75, 3.05) is 6.54 Å². The Morgan fingerprint density at radius 2 is 2.35 bits per heavy atom. The molecule has 4 nitrogen and oxygen atoms in total. The van der Waals surface area contributed by atoms with E-state index < -0.39 is 0 Å². The molecule has 1 aromatic heterocycles. The summed E-state index contributed by atoms with van der Waals surface area (Å²) >= 11 is 1.62. The Morgan fingerprint density at radius 3 is 3.18 bits per heavy atom. The van der Waals surface area contributed by atoms with Crippen molar-refractivity contribution in [3.05, 3.63) is 16.6 Å². The van der Waals surface area contributed by atoms with E-state index in [0.29, 0.717) is 18.6 Å². The van der Waals surface area contributed by atoms with Gasteiger partial charge in [-0.3, -0.25) is 9.69 Å². The van der Waals surface area contributed by atoms with Crippen molar-refractivity contribution in [2.45, 2.75) is 44.3 Å². The van der Waals surface area contributed by atoms with Crippen molar-refractivity contribution in [1.82, 2.24) is 15.2 Å². The van der Waals surface area contributed by atoms with Crippen molar-refractivity contribution in [2.24, 2.45) is 0 Å². The van der Waals surface area contributed by atoms with E-state index in [4.69, 9.17) is 0 Å². The molecule has 0 unspecified atom stereocenters. The summed E-state index contributed by atoms with van der Waals surface area (Å²) in [4.78, 5) is 18.3. The zero-order chi connectivity index (χ0) is 11.7. The third-order valence-electron chi connectivity index (χ3n) is 3.74. The number of rotatable bonds is 2. The number of aromatic nitrogens is 1. The summed E-state index contributed by atoms with van der Waals surface area (Å²) in [7, 11) is 0. The molecule has 0 aromatic carbocycles. The largest absolute Gasteiger partial charge is 0.351 e. The highest BCUT2D eigenvalue weighted by Crippen LogP contribution is 2.26. The van der Waals surface area contributed by atoms with Crippen molar-refractivity contribution in [3.8, 4) is 0 Å². The lowest BCUT2D eigenvalue weighted by atomic mass is 9.87. The van der Waals surface area contributed by atoms with Crippen molar-refractivity contribution < 1.29 is 4.79 Å². The lowest BCUT2D eigenvalue weighted by Gasteiger charge is -2.43. The SMILES string of the molecule is O=C1CN(Cc2cscn2)[C@@H]2CCCC[C@H]2N1. The van der Waals surface area contributed by atoms with Gasteiger partial charge in [0.05, 0.1) is 17.7 Å². The van der Waals surface area contributed by atoms with E-state index in [2.05, 4.69) is 20.6 Å². The molecule has 5 heteroatoms. The number of hydrogen-bond acceptors (Lipinski definition) is 4. The zero-order valence-corrected chi connectivity index (χ0v) is 10.6. The van der Waals surface area contributed by atoms with E-state index in [9.17, 15) is 4.79 Å². The van der Waals surface area contributed by atoms with E-state index in [1.54, 1.807) is 11.3 Å². The predicted octanol–water partition coefficient (Wildman–Crippen LogP) is 1.39. The maximum atomic E-state index is 11.7. The molecule has 3 rings (SSSR count). The molecular formula is C12H17N3OS. The Hall–Kier alpha value is -0.940. The second-order valence-electron chi connectivity index (χ2n) is 4.91. The molecule has 0 spiro atoms. The molecule has 1 aliphatic heterocycles. The number of carbonyl (C=O) groups is 1. The summed E-state index contributed by atoms with van der Waals surface area (Å²) in [5, 5.41) is 5.20. The van der Waals surface area contributed by atoms with E-state index in [1.807, 2.05) is 5.51 Å². The maximum absolute atomic E-state index is 11.7. The number of nitrogens with zero attached hydrogens (tertiary/aromatic N) is 2. The summed E-state index contributed by atoms with van der Waals surface area (Å²) in [5.41, 5.74) is 2.95. The first-order valence-corrected chi connectivity index (χ1v) is 7.18. The maximum Gasteiger partial charge on any atom is 0.234 e. The van der Waals surface area contributed by atoms with Gasteiger partial charge in [-0.05, 0) is 12.8 Å². The summed E-state index contributed by atoms with van der Waals surface area (Å²) in [5.74, 6) is 0.170. The van der Waals surface area contributed by atoms with E-state index >= 15 is 0 Å². The molecule has 1 aliphatic carbocycles. The molecule has 1 saturated heterocycles. The Kier molecular flexibility index (Phi) is 3.11. The number of hydrogen-bond donors (Lipinski definition) is 1. The molecule has 17 heavy (non-hydrogen) atoms. The van der Waals surface area contributed by atoms with E-state index in [0.717, 1.165) is 18.7 Å². The first-order chi connectivity index (χ1) is 8.33. The first-order valence-electron chi connectivity index (χ1n) is 6.23. The van der Waals surface area contributed by atoms with Gasteiger partial charge in [0.15, 0.2) is 0 Å². The summed E-state index contributed by atoms with van der Waals surface area (Å²) in [6, 6.07) is 0.881. The third kappa shape index (κ3) is 2.35.